The largest absolute Gasteiger partial charge is 0.316 e. The van der Waals surface area contributed by atoms with Gasteiger partial charge in [0.25, 0.3) is 0 Å². The van der Waals surface area contributed by atoms with Gasteiger partial charge in [-0.1, -0.05) is 34.6 Å². The number of hydrogen-bond donors (Lipinski definition) is 1. The molecule has 0 saturated carbocycles. The second-order valence-electron chi connectivity index (χ2n) is 6.83. The number of nitrogens with one attached hydrogen (secondary N) is 1. The first-order valence-electron chi connectivity index (χ1n) is 7.47. The van der Waals surface area contributed by atoms with Crippen LogP contribution in [0.5, 0.6) is 0 Å². The second-order valence-corrected chi connectivity index (χ2v) is 8.23. The predicted molar refractivity (Wildman–Crippen MR) is 84.5 cm³/mol. The SMILES string of the molecule is CCC1CN(CC(C)(C)CNCC(C)C)CCS1. The molecule has 1 aliphatic rings. The van der Waals surface area contributed by atoms with E-state index in [1.165, 1.54) is 31.8 Å². The predicted octanol–water partition coefficient (Wildman–Crippen LogP) is 3.09. The molecule has 1 fully saturated rings. The molecule has 0 spiro atoms. The van der Waals surface area contributed by atoms with Crippen LogP contribution in [0.1, 0.15) is 41.0 Å². The Balaban J connectivity index is 2.30. The molecule has 0 bridgehead atoms. The second kappa shape index (κ2) is 7.76. The van der Waals surface area contributed by atoms with E-state index in [2.05, 4.69) is 56.6 Å². The minimum atomic E-state index is 0.384. The van der Waals surface area contributed by atoms with Crippen LogP contribution in [0.2, 0.25) is 0 Å². The number of hydrogen-bond acceptors (Lipinski definition) is 3. The zero-order valence-corrected chi connectivity index (χ0v) is 13.8. The molecule has 1 rings (SSSR count). The lowest BCUT2D eigenvalue weighted by molar-refractivity contribution is 0.177. The van der Waals surface area contributed by atoms with Gasteiger partial charge in [0.2, 0.25) is 0 Å². The first kappa shape index (κ1) is 16.3. The fraction of sp³-hybridized carbons (Fsp3) is 1.00. The van der Waals surface area contributed by atoms with Crippen molar-refractivity contribution in [1.29, 1.82) is 0 Å². The van der Waals surface area contributed by atoms with Crippen LogP contribution in [-0.4, -0.2) is 48.6 Å². The van der Waals surface area contributed by atoms with Crippen LogP contribution in [-0.2, 0) is 0 Å². The van der Waals surface area contributed by atoms with E-state index in [1.54, 1.807) is 0 Å². The maximum Gasteiger partial charge on any atom is 0.0172 e. The van der Waals surface area contributed by atoms with Gasteiger partial charge in [-0.15, -0.1) is 0 Å². The maximum atomic E-state index is 3.61. The van der Waals surface area contributed by atoms with Crippen LogP contribution >= 0.6 is 11.8 Å². The van der Waals surface area contributed by atoms with E-state index >= 15 is 0 Å². The minimum absolute atomic E-state index is 0.384. The first-order valence-corrected chi connectivity index (χ1v) is 8.52. The monoisotopic (exact) mass is 272 g/mol. The Bertz CT molecular complexity index is 229. The van der Waals surface area contributed by atoms with Crippen LogP contribution in [0.25, 0.3) is 0 Å². The molecule has 1 unspecified atom stereocenters. The maximum absolute atomic E-state index is 3.61. The Labute approximate surface area is 118 Å². The van der Waals surface area contributed by atoms with Crippen LogP contribution in [0.3, 0.4) is 0 Å². The third-order valence-corrected chi connectivity index (χ3v) is 4.86. The van der Waals surface area contributed by atoms with Crippen LogP contribution < -0.4 is 5.32 Å². The Kier molecular flexibility index (Phi) is 7.04. The average Bonchev–Trinajstić information content (AvgIpc) is 2.27. The van der Waals surface area contributed by atoms with Crippen molar-refractivity contribution in [2.45, 2.75) is 46.3 Å². The van der Waals surface area contributed by atoms with Crippen LogP contribution in [0, 0.1) is 11.3 Å². The van der Waals surface area contributed by atoms with E-state index in [9.17, 15) is 0 Å². The Morgan fingerprint density at radius 3 is 2.72 bits per heavy atom. The molecule has 0 aliphatic carbocycles. The third-order valence-electron chi connectivity index (χ3n) is 3.49. The zero-order valence-electron chi connectivity index (χ0n) is 13.0. The van der Waals surface area contributed by atoms with Crippen LogP contribution in [0.4, 0.5) is 0 Å². The van der Waals surface area contributed by atoms with Crippen molar-refractivity contribution >= 4 is 11.8 Å². The van der Waals surface area contributed by atoms with Gasteiger partial charge in [0.1, 0.15) is 0 Å². The Morgan fingerprint density at radius 1 is 1.39 bits per heavy atom. The summed E-state index contributed by atoms with van der Waals surface area (Å²) in [4.78, 5) is 2.67. The molecular formula is C15H32N2S. The molecule has 1 heterocycles. The molecule has 0 aromatic rings. The topological polar surface area (TPSA) is 15.3 Å². The van der Waals surface area contributed by atoms with E-state index in [-0.39, 0.29) is 0 Å². The van der Waals surface area contributed by atoms with E-state index in [0.717, 1.165) is 24.3 Å². The van der Waals surface area contributed by atoms with E-state index < -0.39 is 0 Å². The minimum Gasteiger partial charge on any atom is -0.316 e. The van der Waals surface area contributed by atoms with Crippen molar-refractivity contribution in [2.24, 2.45) is 11.3 Å². The summed E-state index contributed by atoms with van der Waals surface area (Å²) in [5.41, 5.74) is 0.384. The van der Waals surface area contributed by atoms with Gasteiger partial charge in [0, 0.05) is 37.2 Å². The molecule has 1 saturated heterocycles. The average molecular weight is 273 g/mol. The lowest BCUT2D eigenvalue weighted by atomic mass is 9.92. The Morgan fingerprint density at radius 2 is 2.11 bits per heavy atom. The van der Waals surface area contributed by atoms with E-state index in [0.29, 0.717) is 5.41 Å². The third kappa shape index (κ3) is 6.44. The highest BCUT2D eigenvalue weighted by atomic mass is 32.2. The summed E-state index contributed by atoms with van der Waals surface area (Å²) in [7, 11) is 0. The molecule has 2 nitrogen and oxygen atoms in total. The van der Waals surface area contributed by atoms with Gasteiger partial charge in [-0.2, -0.15) is 11.8 Å². The standard InChI is InChI=1S/C15H32N2S/c1-6-14-10-17(7-8-18-14)12-15(4,5)11-16-9-13(2)3/h13-14,16H,6-12H2,1-5H3. The Hall–Kier alpha value is 0.270. The van der Waals surface area contributed by atoms with Crippen molar-refractivity contribution in [3.63, 3.8) is 0 Å². The first-order chi connectivity index (χ1) is 8.43. The van der Waals surface area contributed by atoms with Gasteiger partial charge in [-0.05, 0) is 24.3 Å². The number of rotatable bonds is 7. The van der Waals surface area contributed by atoms with Crippen molar-refractivity contribution in [1.82, 2.24) is 10.2 Å². The molecular weight excluding hydrogens is 240 g/mol. The van der Waals surface area contributed by atoms with Crippen molar-refractivity contribution < 1.29 is 0 Å². The van der Waals surface area contributed by atoms with Gasteiger partial charge in [0.15, 0.2) is 0 Å². The van der Waals surface area contributed by atoms with Gasteiger partial charge < -0.3 is 10.2 Å². The van der Waals surface area contributed by atoms with Gasteiger partial charge >= 0.3 is 0 Å². The van der Waals surface area contributed by atoms with Gasteiger partial charge in [-0.3, -0.25) is 0 Å². The molecule has 108 valence electrons. The highest BCUT2D eigenvalue weighted by molar-refractivity contribution is 8.00. The van der Waals surface area contributed by atoms with Crippen molar-refractivity contribution in [3.8, 4) is 0 Å². The molecule has 0 amide bonds. The molecule has 1 aliphatic heterocycles. The molecule has 1 N–H and O–H groups in total. The molecule has 18 heavy (non-hydrogen) atoms. The van der Waals surface area contributed by atoms with E-state index in [4.69, 9.17) is 0 Å². The summed E-state index contributed by atoms with van der Waals surface area (Å²) in [6.45, 7) is 17.7. The normalized spacial score (nSPS) is 22.7. The summed E-state index contributed by atoms with van der Waals surface area (Å²) in [5.74, 6) is 2.06. The number of nitrogens with zero attached hydrogens (tertiary/aromatic N) is 1. The lowest BCUT2D eigenvalue weighted by Crippen LogP contribution is -2.46. The summed E-state index contributed by atoms with van der Waals surface area (Å²) in [6.07, 6.45) is 1.31. The fourth-order valence-corrected chi connectivity index (χ4v) is 3.78. The highest BCUT2D eigenvalue weighted by Gasteiger charge is 2.25. The number of thioether (sulfide) groups is 1. The smallest absolute Gasteiger partial charge is 0.0172 e. The van der Waals surface area contributed by atoms with Crippen LogP contribution in [0.15, 0.2) is 0 Å². The van der Waals surface area contributed by atoms with E-state index in [1.807, 2.05) is 0 Å². The van der Waals surface area contributed by atoms with Gasteiger partial charge in [0.05, 0.1) is 0 Å². The zero-order chi connectivity index (χ0) is 13.6. The molecule has 0 aromatic carbocycles. The summed E-state index contributed by atoms with van der Waals surface area (Å²) in [6, 6.07) is 0. The van der Waals surface area contributed by atoms with Crippen molar-refractivity contribution in [3.05, 3.63) is 0 Å². The van der Waals surface area contributed by atoms with Crippen molar-refractivity contribution in [2.75, 3.05) is 38.5 Å². The lowest BCUT2D eigenvalue weighted by Gasteiger charge is -2.37. The summed E-state index contributed by atoms with van der Waals surface area (Å²) in [5, 5.41) is 4.47. The molecule has 1 atom stereocenters. The summed E-state index contributed by atoms with van der Waals surface area (Å²) < 4.78 is 0. The highest BCUT2D eigenvalue weighted by Crippen LogP contribution is 2.24. The molecule has 0 aromatic heterocycles. The molecule has 3 heteroatoms. The summed E-state index contributed by atoms with van der Waals surface area (Å²) >= 11 is 2.16. The molecule has 0 radical (unpaired) electrons. The fourth-order valence-electron chi connectivity index (χ4n) is 2.53. The van der Waals surface area contributed by atoms with Gasteiger partial charge in [-0.25, -0.2) is 0 Å². The quantitative estimate of drug-likeness (QED) is 0.767.